The molecule has 0 bridgehead atoms. The zero-order chi connectivity index (χ0) is 17.1. The smallest absolute Gasteiger partial charge is 0.263 e. The zero-order valence-corrected chi connectivity index (χ0v) is 14.4. The second-order valence-electron chi connectivity index (χ2n) is 5.53. The van der Waals surface area contributed by atoms with Crippen LogP contribution in [0.1, 0.15) is 27.9 Å². The Bertz CT molecular complexity index is 922. The summed E-state index contributed by atoms with van der Waals surface area (Å²) >= 11 is 1.30. The number of nitrogens with zero attached hydrogens (tertiary/aromatic N) is 2. The zero-order valence-electron chi connectivity index (χ0n) is 13.6. The SMILES string of the molecule is C=C(CNC(=O)c1cncs1)/N=C(\C)c1cc2c(C)cccc2[nH]1. The Morgan fingerprint density at radius 1 is 1.46 bits per heavy atom. The van der Waals surface area contributed by atoms with Gasteiger partial charge in [-0.05, 0) is 31.5 Å². The summed E-state index contributed by atoms with van der Waals surface area (Å²) in [6, 6.07) is 8.24. The normalized spacial score (nSPS) is 11.7. The van der Waals surface area contributed by atoms with E-state index in [1.165, 1.54) is 22.3 Å². The molecule has 0 unspecified atom stereocenters. The van der Waals surface area contributed by atoms with Crippen LogP contribution in [0.25, 0.3) is 10.9 Å². The number of rotatable bonds is 5. The monoisotopic (exact) mass is 338 g/mol. The fourth-order valence-electron chi connectivity index (χ4n) is 2.44. The summed E-state index contributed by atoms with van der Waals surface area (Å²) in [7, 11) is 0. The van der Waals surface area contributed by atoms with Crippen LogP contribution < -0.4 is 5.32 Å². The maximum Gasteiger partial charge on any atom is 0.263 e. The van der Waals surface area contributed by atoms with Crippen LogP contribution >= 0.6 is 11.3 Å². The maximum atomic E-state index is 11.9. The molecule has 24 heavy (non-hydrogen) atoms. The van der Waals surface area contributed by atoms with E-state index < -0.39 is 0 Å². The molecule has 3 aromatic rings. The molecule has 1 amide bonds. The van der Waals surface area contributed by atoms with Crippen molar-refractivity contribution in [1.82, 2.24) is 15.3 Å². The van der Waals surface area contributed by atoms with Crippen LogP contribution in [0.2, 0.25) is 0 Å². The number of aliphatic imine (C=N–C) groups is 1. The van der Waals surface area contributed by atoms with Crippen LogP contribution in [-0.2, 0) is 0 Å². The molecule has 5 nitrogen and oxygen atoms in total. The van der Waals surface area contributed by atoms with Gasteiger partial charge in [0.25, 0.3) is 5.91 Å². The average Bonchev–Trinajstić information content (AvgIpc) is 3.22. The quantitative estimate of drug-likeness (QED) is 0.697. The van der Waals surface area contributed by atoms with Crippen molar-refractivity contribution in [3.63, 3.8) is 0 Å². The highest BCUT2D eigenvalue weighted by molar-refractivity contribution is 7.11. The maximum absolute atomic E-state index is 11.9. The number of aromatic amines is 1. The summed E-state index contributed by atoms with van der Waals surface area (Å²) in [4.78, 5) is 24.2. The van der Waals surface area contributed by atoms with Crippen molar-refractivity contribution >= 4 is 33.9 Å². The second-order valence-corrected chi connectivity index (χ2v) is 6.42. The van der Waals surface area contributed by atoms with Gasteiger partial charge < -0.3 is 10.3 Å². The molecule has 0 spiro atoms. The lowest BCUT2D eigenvalue weighted by Gasteiger charge is -2.04. The topological polar surface area (TPSA) is 70.1 Å². The summed E-state index contributed by atoms with van der Waals surface area (Å²) < 4.78 is 0. The predicted molar refractivity (Wildman–Crippen MR) is 98.8 cm³/mol. The highest BCUT2D eigenvalue weighted by Gasteiger charge is 2.08. The third kappa shape index (κ3) is 3.44. The molecule has 122 valence electrons. The molecule has 1 aromatic carbocycles. The van der Waals surface area contributed by atoms with Gasteiger partial charge in [-0.25, -0.2) is 0 Å². The van der Waals surface area contributed by atoms with E-state index in [1.807, 2.05) is 19.1 Å². The third-order valence-corrected chi connectivity index (χ3v) is 4.48. The Kier molecular flexibility index (Phi) is 4.57. The van der Waals surface area contributed by atoms with Crippen LogP contribution in [0.4, 0.5) is 0 Å². The number of hydrogen-bond donors (Lipinski definition) is 2. The van der Waals surface area contributed by atoms with E-state index in [0.717, 1.165) is 16.9 Å². The minimum absolute atomic E-state index is 0.160. The molecule has 0 aliphatic carbocycles. The summed E-state index contributed by atoms with van der Waals surface area (Å²) in [5.74, 6) is -0.160. The molecule has 2 aromatic heterocycles. The van der Waals surface area contributed by atoms with E-state index in [-0.39, 0.29) is 5.91 Å². The Morgan fingerprint density at radius 3 is 3.00 bits per heavy atom. The third-order valence-electron chi connectivity index (χ3n) is 3.71. The van der Waals surface area contributed by atoms with Gasteiger partial charge in [0.2, 0.25) is 0 Å². The van der Waals surface area contributed by atoms with Gasteiger partial charge in [-0.3, -0.25) is 14.8 Å². The fraction of sp³-hybridized carbons (Fsp3) is 0.167. The number of aryl methyl sites for hydroxylation is 1. The van der Waals surface area contributed by atoms with Crippen molar-refractivity contribution in [3.05, 3.63) is 64.4 Å². The molecule has 2 heterocycles. The number of aromatic nitrogens is 2. The number of carbonyl (C=O) groups is 1. The first-order valence-corrected chi connectivity index (χ1v) is 8.41. The molecular formula is C18H18N4OS. The Labute approximate surface area is 144 Å². The molecule has 3 rings (SSSR count). The van der Waals surface area contributed by atoms with Gasteiger partial charge in [0.05, 0.1) is 35.4 Å². The van der Waals surface area contributed by atoms with Gasteiger partial charge >= 0.3 is 0 Å². The Hall–Kier alpha value is -2.73. The van der Waals surface area contributed by atoms with Gasteiger partial charge in [-0.1, -0.05) is 18.7 Å². The lowest BCUT2D eigenvalue weighted by atomic mass is 10.1. The minimum atomic E-state index is -0.160. The molecule has 0 aliphatic rings. The molecule has 0 radical (unpaired) electrons. The van der Waals surface area contributed by atoms with Crippen LogP contribution in [0.3, 0.4) is 0 Å². The molecule has 0 saturated carbocycles. The van der Waals surface area contributed by atoms with Crippen LogP contribution in [0.15, 0.2) is 53.2 Å². The van der Waals surface area contributed by atoms with Crippen molar-refractivity contribution in [2.75, 3.05) is 6.54 Å². The number of benzene rings is 1. The van der Waals surface area contributed by atoms with Crippen molar-refractivity contribution in [2.24, 2.45) is 4.99 Å². The Balaban J connectivity index is 1.69. The summed E-state index contributed by atoms with van der Waals surface area (Å²) in [5.41, 5.74) is 6.32. The second kappa shape index (κ2) is 6.80. The van der Waals surface area contributed by atoms with E-state index in [1.54, 1.807) is 11.7 Å². The van der Waals surface area contributed by atoms with Crippen molar-refractivity contribution in [3.8, 4) is 0 Å². The first-order chi connectivity index (χ1) is 11.5. The fourth-order valence-corrected chi connectivity index (χ4v) is 2.97. The van der Waals surface area contributed by atoms with Gasteiger partial charge in [-0.2, -0.15) is 0 Å². The molecule has 6 heteroatoms. The lowest BCUT2D eigenvalue weighted by molar-refractivity contribution is 0.0960. The van der Waals surface area contributed by atoms with Crippen molar-refractivity contribution < 1.29 is 4.79 Å². The largest absolute Gasteiger partial charge is 0.354 e. The molecule has 0 atom stereocenters. The van der Waals surface area contributed by atoms with Gasteiger partial charge in [0, 0.05) is 10.9 Å². The predicted octanol–water partition coefficient (Wildman–Crippen LogP) is 3.69. The van der Waals surface area contributed by atoms with Gasteiger partial charge in [-0.15, -0.1) is 11.3 Å². The number of thiazole rings is 1. The van der Waals surface area contributed by atoms with E-state index in [9.17, 15) is 4.79 Å². The number of hydrogen-bond acceptors (Lipinski definition) is 4. The number of nitrogens with one attached hydrogen (secondary N) is 2. The van der Waals surface area contributed by atoms with Crippen LogP contribution in [0.5, 0.6) is 0 Å². The van der Waals surface area contributed by atoms with E-state index in [2.05, 4.69) is 45.9 Å². The average molecular weight is 338 g/mol. The van der Waals surface area contributed by atoms with E-state index in [0.29, 0.717) is 17.1 Å². The first-order valence-electron chi connectivity index (χ1n) is 7.53. The molecular weight excluding hydrogens is 320 g/mol. The summed E-state index contributed by atoms with van der Waals surface area (Å²) in [6.45, 7) is 8.23. The number of amides is 1. The molecule has 2 N–H and O–H groups in total. The first kappa shape index (κ1) is 16.1. The number of fused-ring (bicyclic) bond motifs is 1. The highest BCUT2D eigenvalue weighted by atomic mass is 32.1. The van der Waals surface area contributed by atoms with Crippen molar-refractivity contribution in [1.29, 1.82) is 0 Å². The van der Waals surface area contributed by atoms with E-state index in [4.69, 9.17) is 0 Å². The molecule has 0 fully saturated rings. The standard InChI is InChI=1S/C18H18N4OS/c1-11-5-4-6-15-14(11)7-16(22-15)13(3)21-12(2)8-20-18(23)17-9-19-10-24-17/h4-7,9-10,22H,2,8H2,1,3H3,(H,20,23)/b21-13+. The summed E-state index contributed by atoms with van der Waals surface area (Å²) in [5, 5.41) is 3.98. The summed E-state index contributed by atoms with van der Waals surface area (Å²) in [6.07, 6.45) is 1.55. The van der Waals surface area contributed by atoms with Gasteiger partial charge in [0.15, 0.2) is 0 Å². The van der Waals surface area contributed by atoms with Crippen molar-refractivity contribution in [2.45, 2.75) is 13.8 Å². The molecule has 0 saturated heterocycles. The number of carbonyl (C=O) groups excluding carboxylic acids is 1. The number of H-pyrrole nitrogens is 1. The van der Waals surface area contributed by atoms with Gasteiger partial charge in [0.1, 0.15) is 4.88 Å². The highest BCUT2D eigenvalue weighted by Crippen LogP contribution is 2.19. The van der Waals surface area contributed by atoms with Crippen LogP contribution in [0, 0.1) is 6.92 Å². The minimum Gasteiger partial charge on any atom is -0.354 e. The van der Waals surface area contributed by atoms with Crippen LogP contribution in [-0.4, -0.2) is 28.1 Å². The Morgan fingerprint density at radius 2 is 2.29 bits per heavy atom. The molecule has 0 aliphatic heterocycles. The van der Waals surface area contributed by atoms with E-state index >= 15 is 0 Å². The lowest BCUT2D eigenvalue weighted by Crippen LogP contribution is -2.24.